The van der Waals surface area contributed by atoms with E-state index in [2.05, 4.69) is 10.3 Å². The summed E-state index contributed by atoms with van der Waals surface area (Å²) in [6.45, 7) is 2.04. The van der Waals surface area contributed by atoms with Gasteiger partial charge in [-0.1, -0.05) is 24.6 Å². The van der Waals surface area contributed by atoms with Gasteiger partial charge in [0, 0.05) is 16.1 Å². The molecule has 0 aliphatic carbocycles. The zero-order chi connectivity index (χ0) is 13.7. The third-order valence-electron chi connectivity index (χ3n) is 2.39. The number of hydrogen-bond donors (Lipinski definition) is 1. The van der Waals surface area contributed by atoms with Gasteiger partial charge < -0.3 is 5.32 Å². The van der Waals surface area contributed by atoms with Crippen molar-refractivity contribution in [2.75, 3.05) is 11.1 Å². The Labute approximate surface area is 121 Å². The lowest BCUT2D eigenvalue weighted by Crippen LogP contribution is -2.13. The molecule has 0 spiro atoms. The van der Waals surface area contributed by atoms with Crippen LogP contribution in [0.15, 0.2) is 47.5 Å². The molecule has 0 aliphatic heterocycles. The number of hydrogen-bond acceptors (Lipinski definition) is 3. The maximum atomic E-state index is 12.2. The Kier molecular flexibility index (Phi) is 4.82. The van der Waals surface area contributed by atoms with Crippen molar-refractivity contribution in [3.05, 3.63) is 53.2 Å². The van der Waals surface area contributed by atoms with Crippen molar-refractivity contribution in [2.24, 2.45) is 0 Å². The van der Waals surface area contributed by atoms with Gasteiger partial charge in [0.1, 0.15) is 5.82 Å². The second-order valence-corrected chi connectivity index (χ2v) is 5.48. The van der Waals surface area contributed by atoms with Crippen LogP contribution >= 0.6 is 23.4 Å². The zero-order valence-corrected chi connectivity index (χ0v) is 12.0. The minimum atomic E-state index is -0.197. The summed E-state index contributed by atoms with van der Waals surface area (Å²) in [5.74, 6) is 1.22. The Bertz CT molecular complexity index is 575. The molecular weight excluding hydrogens is 280 g/mol. The van der Waals surface area contributed by atoms with Gasteiger partial charge in [0.15, 0.2) is 0 Å². The van der Waals surface area contributed by atoms with Crippen LogP contribution in [0.5, 0.6) is 0 Å². The van der Waals surface area contributed by atoms with E-state index in [0.29, 0.717) is 16.4 Å². The molecule has 3 nitrogen and oxygen atoms in total. The van der Waals surface area contributed by atoms with Crippen molar-refractivity contribution in [3.63, 3.8) is 0 Å². The molecule has 2 aromatic rings. The minimum Gasteiger partial charge on any atom is -0.307 e. The van der Waals surface area contributed by atoms with Crippen LogP contribution in [0.2, 0.25) is 5.02 Å². The standard InChI is InChI=1S/C14H13ClN2OS/c1-2-19-12-7-6-10(15)9-11(12)14(18)17-13-5-3-4-8-16-13/h3-9H,2H2,1H3,(H,16,17,18). The Morgan fingerprint density at radius 3 is 2.89 bits per heavy atom. The number of anilines is 1. The van der Waals surface area contributed by atoms with E-state index >= 15 is 0 Å². The van der Waals surface area contributed by atoms with Gasteiger partial charge in [0.2, 0.25) is 0 Å². The molecule has 0 saturated heterocycles. The summed E-state index contributed by atoms with van der Waals surface area (Å²) in [6.07, 6.45) is 1.63. The van der Waals surface area contributed by atoms with Crippen LogP contribution in [-0.4, -0.2) is 16.6 Å². The van der Waals surface area contributed by atoms with Gasteiger partial charge in [-0.05, 0) is 36.1 Å². The highest BCUT2D eigenvalue weighted by atomic mass is 35.5. The van der Waals surface area contributed by atoms with Gasteiger partial charge in [-0.25, -0.2) is 4.98 Å². The lowest BCUT2D eigenvalue weighted by atomic mass is 10.2. The first-order valence-corrected chi connectivity index (χ1v) is 7.22. The number of pyridine rings is 1. The number of carbonyl (C=O) groups excluding carboxylic acids is 1. The van der Waals surface area contributed by atoms with Crippen molar-refractivity contribution in [3.8, 4) is 0 Å². The maximum Gasteiger partial charge on any atom is 0.258 e. The molecule has 0 radical (unpaired) electrons. The largest absolute Gasteiger partial charge is 0.307 e. The summed E-state index contributed by atoms with van der Waals surface area (Å²) in [7, 11) is 0. The first kappa shape index (κ1) is 13.9. The van der Waals surface area contributed by atoms with Crippen LogP contribution in [0.25, 0.3) is 0 Å². The number of amides is 1. The summed E-state index contributed by atoms with van der Waals surface area (Å²) in [6, 6.07) is 10.7. The topological polar surface area (TPSA) is 42.0 Å². The number of rotatable bonds is 4. The van der Waals surface area contributed by atoms with E-state index in [4.69, 9.17) is 11.6 Å². The molecule has 98 valence electrons. The number of halogens is 1. The Hall–Kier alpha value is -1.52. The number of benzene rings is 1. The van der Waals surface area contributed by atoms with Crippen LogP contribution in [0.3, 0.4) is 0 Å². The Morgan fingerprint density at radius 2 is 2.21 bits per heavy atom. The zero-order valence-electron chi connectivity index (χ0n) is 10.4. The molecular formula is C14H13ClN2OS. The molecule has 0 bridgehead atoms. The summed E-state index contributed by atoms with van der Waals surface area (Å²) >= 11 is 7.57. The molecule has 0 saturated carbocycles. The average molecular weight is 293 g/mol. The van der Waals surface area contributed by atoms with Crippen molar-refractivity contribution in [1.82, 2.24) is 4.98 Å². The summed E-state index contributed by atoms with van der Waals surface area (Å²) in [5, 5.41) is 3.31. The third-order valence-corrected chi connectivity index (χ3v) is 3.58. The van der Waals surface area contributed by atoms with Crippen LogP contribution in [0, 0.1) is 0 Å². The maximum absolute atomic E-state index is 12.2. The van der Waals surface area contributed by atoms with Gasteiger partial charge in [-0.2, -0.15) is 0 Å². The smallest absolute Gasteiger partial charge is 0.258 e. The molecule has 1 aromatic carbocycles. The van der Waals surface area contributed by atoms with E-state index in [1.165, 1.54) is 0 Å². The number of nitrogens with one attached hydrogen (secondary N) is 1. The van der Waals surface area contributed by atoms with E-state index in [1.807, 2.05) is 19.1 Å². The van der Waals surface area contributed by atoms with Crippen molar-refractivity contribution in [2.45, 2.75) is 11.8 Å². The highest BCUT2D eigenvalue weighted by Crippen LogP contribution is 2.26. The minimum absolute atomic E-state index is 0.197. The summed E-state index contributed by atoms with van der Waals surface area (Å²) in [5.41, 5.74) is 0.574. The predicted octanol–water partition coefficient (Wildman–Crippen LogP) is 4.10. The second kappa shape index (κ2) is 6.59. The molecule has 1 amide bonds. The summed E-state index contributed by atoms with van der Waals surface area (Å²) in [4.78, 5) is 17.2. The lowest BCUT2D eigenvalue weighted by Gasteiger charge is -2.09. The van der Waals surface area contributed by atoms with Crippen LogP contribution < -0.4 is 5.32 Å². The predicted molar refractivity (Wildman–Crippen MR) is 80.0 cm³/mol. The molecule has 0 unspecified atom stereocenters. The fraction of sp³-hybridized carbons (Fsp3) is 0.143. The van der Waals surface area contributed by atoms with Gasteiger partial charge in [0.25, 0.3) is 5.91 Å². The fourth-order valence-electron chi connectivity index (χ4n) is 1.58. The molecule has 1 heterocycles. The first-order chi connectivity index (χ1) is 9.20. The number of thioether (sulfide) groups is 1. The summed E-state index contributed by atoms with van der Waals surface area (Å²) < 4.78 is 0. The molecule has 0 atom stereocenters. The third kappa shape index (κ3) is 3.72. The lowest BCUT2D eigenvalue weighted by molar-refractivity contribution is 0.102. The average Bonchev–Trinajstić information content (AvgIpc) is 2.42. The van der Waals surface area contributed by atoms with Gasteiger partial charge in [-0.3, -0.25) is 4.79 Å². The van der Waals surface area contributed by atoms with Crippen LogP contribution in [0.4, 0.5) is 5.82 Å². The molecule has 5 heteroatoms. The molecule has 1 aromatic heterocycles. The number of aromatic nitrogens is 1. The molecule has 2 rings (SSSR count). The quantitative estimate of drug-likeness (QED) is 0.863. The van der Waals surface area contributed by atoms with E-state index in [1.54, 1.807) is 42.2 Å². The molecule has 0 aliphatic rings. The van der Waals surface area contributed by atoms with E-state index in [0.717, 1.165) is 10.6 Å². The molecule has 19 heavy (non-hydrogen) atoms. The first-order valence-electron chi connectivity index (χ1n) is 5.85. The SMILES string of the molecule is CCSc1ccc(Cl)cc1C(=O)Nc1ccccn1. The number of nitrogens with zero attached hydrogens (tertiary/aromatic N) is 1. The number of carbonyl (C=O) groups is 1. The molecule has 1 N–H and O–H groups in total. The van der Waals surface area contributed by atoms with E-state index < -0.39 is 0 Å². The molecule has 0 fully saturated rings. The van der Waals surface area contributed by atoms with E-state index in [-0.39, 0.29) is 5.91 Å². The highest BCUT2D eigenvalue weighted by molar-refractivity contribution is 7.99. The van der Waals surface area contributed by atoms with E-state index in [9.17, 15) is 4.79 Å². The Morgan fingerprint density at radius 1 is 1.37 bits per heavy atom. The van der Waals surface area contributed by atoms with Gasteiger partial charge in [-0.15, -0.1) is 11.8 Å². The van der Waals surface area contributed by atoms with Crippen LogP contribution in [-0.2, 0) is 0 Å². The highest BCUT2D eigenvalue weighted by Gasteiger charge is 2.12. The fourth-order valence-corrected chi connectivity index (χ4v) is 2.54. The second-order valence-electron chi connectivity index (χ2n) is 3.74. The van der Waals surface area contributed by atoms with Crippen molar-refractivity contribution < 1.29 is 4.79 Å². The van der Waals surface area contributed by atoms with Gasteiger partial charge >= 0.3 is 0 Å². The van der Waals surface area contributed by atoms with Gasteiger partial charge in [0.05, 0.1) is 5.56 Å². The van der Waals surface area contributed by atoms with Crippen molar-refractivity contribution in [1.29, 1.82) is 0 Å². The normalized spacial score (nSPS) is 10.2. The monoisotopic (exact) mass is 292 g/mol. The van der Waals surface area contributed by atoms with Crippen molar-refractivity contribution >= 4 is 35.1 Å². The van der Waals surface area contributed by atoms with Crippen LogP contribution in [0.1, 0.15) is 17.3 Å². The Balaban J connectivity index is 2.25.